The van der Waals surface area contributed by atoms with Crippen molar-refractivity contribution in [3.63, 3.8) is 0 Å². The van der Waals surface area contributed by atoms with Gasteiger partial charge < -0.3 is 9.47 Å². The topological polar surface area (TPSA) is 35.5 Å². The van der Waals surface area contributed by atoms with E-state index >= 15 is 0 Å². The van der Waals surface area contributed by atoms with Crippen LogP contribution in [0.15, 0.2) is 11.8 Å². The number of hydrogen-bond acceptors (Lipinski definition) is 3. The molecule has 3 nitrogen and oxygen atoms in total. The molecule has 1 saturated carbocycles. The first-order chi connectivity index (χ1) is 10.7. The SMILES string of the molecule is CCCOC(=O)OC1=CCC(C2CCC(CCC)CC2)CC1. The van der Waals surface area contributed by atoms with Crippen LogP contribution in [0.4, 0.5) is 4.79 Å². The summed E-state index contributed by atoms with van der Waals surface area (Å²) in [5, 5.41) is 0. The Balaban J connectivity index is 1.71. The van der Waals surface area contributed by atoms with Crippen molar-refractivity contribution in [3.8, 4) is 0 Å². The van der Waals surface area contributed by atoms with Crippen LogP contribution in [0.25, 0.3) is 0 Å². The van der Waals surface area contributed by atoms with E-state index in [0.717, 1.165) is 49.2 Å². The molecule has 0 spiro atoms. The van der Waals surface area contributed by atoms with Gasteiger partial charge in [0.25, 0.3) is 0 Å². The number of ether oxygens (including phenoxy) is 2. The molecule has 0 aromatic rings. The van der Waals surface area contributed by atoms with E-state index in [1.165, 1.54) is 38.5 Å². The molecular formula is C19H32O3. The quantitative estimate of drug-likeness (QED) is 0.578. The summed E-state index contributed by atoms with van der Waals surface area (Å²) in [5.74, 6) is 3.48. The lowest BCUT2D eigenvalue weighted by atomic mass is 9.71. The predicted octanol–water partition coefficient (Wildman–Crippen LogP) is 5.84. The molecule has 2 aliphatic rings. The molecule has 0 aliphatic heterocycles. The van der Waals surface area contributed by atoms with E-state index in [1.54, 1.807) is 0 Å². The van der Waals surface area contributed by atoms with Gasteiger partial charge in [-0.05, 0) is 55.9 Å². The highest BCUT2D eigenvalue weighted by Crippen LogP contribution is 2.40. The van der Waals surface area contributed by atoms with Crippen molar-refractivity contribution < 1.29 is 14.3 Å². The monoisotopic (exact) mass is 308 g/mol. The maximum absolute atomic E-state index is 11.5. The molecule has 2 rings (SSSR count). The van der Waals surface area contributed by atoms with E-state index in [9.17, 15) is 4.79 Å². The van der Waals surface area contributed by atoms with E-state index in [4.69, 9.17) is 9.47 Å². The first-order valence-electron chi connectivity index (χ1n) is 9.26. The summed E-state index contributed by atoms with van der Waals surface area (Å²) < 4.78 is 10.2. The molecule has 0 heterocycles. The molecule has 1 unspecified atom stereocenters. The summed E-state index contributed by atoms with van der Waals surface area (Å²) in [4.78, 5) is 11.5. The second-order valence-corrected chi connectivity index (χ2v) is 6.97. The standard InChI is InChI=1S/C19H32O3/c1-3-5-15-6-8-16(9-7-15)17-10-12-18(13-11-17)22-19(20)21-14-4-2/h12,15-17H,3-11,13-14H2,1-2H3. The summed E-state index contributed by atoms with van der Waals surface area (Å²) >= 11 is 0. The van der Waals surface area contributed by atoms with E-state index in [2.05, 4.69) is 13.0 Å². The average molecular weight is 308 g/mol. The molecule has 1 fully saturated rings. The minimum atomic E-state index is -0.536. The van der Waals surface area contributed by atoms with Gasteiger partial charge in [0.1, 0.15) is 5.76 Å². The van der Waals surface area contributed by atoms with Gasteiger partial charge in [-0.25, -0.2) is 4.79 Å². The van der Waals surface area contributed by atoms with Crippen molar-refractivity contribution in [1.29, 1.82) is 0 Å². The Labute approximate surface area is 135 Å². The van der Waals surface area contributed by atoms with Crippen LogP contribution in [0.2, 0.25) is 0 Å². The van der Waals surface area contributed by atoms with Gasteiger partial charge in [-0.3, -0.25) is 0 Å². The lowest BCUT2D eigenvalue weighted by Crippen LogP contribution is -2.23. The Morgan fingerprint density at radius 3 is 2.45 bits per heavy atom. The molecule has 0 aromatic carbocycles. The van der Waals surface area contributed by atoms with Gasteiger partial charge in [0.15, 0.2) is 0 Å². The lowest BCUT2D eigenvalue weighted by Gasteiger charge is -2.35. The van der Waals surface area contributed by atoms with Crippen molar-refractivity contribution in [2.45, 2.75) is 78.1 Å². The van der Waals surface area contributed by atoms with Crippen molar-refractivity contribution in [2.75, 3.05) is 6.61 Å². The molecule has 0 saturated heterocycles. The number of carbonyl (C=O) groups is 1. The fraction of sp³-hybridized carbons (Fsp3) is 0.842. The summed E-state index contributed by atoms with van der Waals surface area (Å²) in [6.45, 7) is 4.72. The smallest absolute Gasteiger partial charge is 0.434 e. The van der Waals surface area contributed by atoms with Crippen LogP contribution in [0.3, 0.4) is 0 Å². The zero-order chi connectivity index (χ0) is 15.8. The summed E-state index contributed by atoms with van der Waals surface area (Å²) in [7, 11) is 0. The van der Waals surface area contributed by atoms with Gasteiger partial charge in [0.2, 0.25) is 0 Å². The fourth-order valence-corrected chi connectivity index (χ4v) is 4.03. The summed E-state index contributed by atoms with van der Waals surface area (Å²) in [6.07, 6.45) is 13.9. The van der Waals surface area contributed by atoms with Crippen LogP contribution in [0.5, 0.6) is 0 Å². The van der Waals surface area contributed by atoms with Crippen LogP contribution in [0, 0.1) is 17.8 Å². The molecule has 3 heteroatoms. The first-order valence-corrected chi connectivity index (χ1v) is 9.26. The Morgan fingerprint density at radius 1 is 1.09 bits per heavy atom. The average Bonchev–Trinajstić information content (AvgIpc) is 2.55. The second-order valence-electron chi connectivity index (χ2n) is 6.97. The number of rotatable bonds is 6. The van der Waals surface area contributed by atoms with Crippen LogP contribution in [0.1, 0.15) is 78.1 Å². The normalized spacial score (nSPS) is 28.8. The maximum atomic E-state index is 11.5. The van der Waals surface area contributed by atoms with E-state index in [1.807, 2.05) is 6.92 Å². The van der Waals surface area contributed by atoms with Crippen molar-refractivity contribution in [3.05, 3.63) is 11.8 Å². The van der Waals surface area contributed by atoms with Crippen LogP contribution >= 0.6 is 0 Å². The second kappa shape index (κ2) is 9.22. The van der Waals surface area contributed by atoms with E-state index in [0.29, 0.717) is 6.61 Å². The zero-order valence-corrected chi connectivity index (χ0v) is 14.3. The van der Waals surface area contributed by atoms with Gasteiger partial charge >= 0.3 is 6.16 Å². The minimum absolute atomic E-state index is 0.440. The molecular weight excluding hydrogens is 276 g/mol. The van der Waals surface area contributed by atoms with E-state index in [-0.39, 0.29) is 0 Å². The Morgan fingerprint density at radius 2 is 1.86 bits per heavy atom. The van der Waals surface area contributed by atoms with Gasteiger partial charge in [0, 0.05) is 6.42 Å². The third-order valence-electron chi connectivity index (χ3n) is 5.30. The summed E-state index contributed by atoms with van der Waals surface area (Å²) in [6, 6.07) is 0. The van der Waals surface area contributed by atoms with Gasteiger partial charge in [0.05, 0.1) is 6.61 Å². The maximum Gasteiger partial charge on any atom is 0.513 e. The number of carbonyl (C=O) groups excluding carboxylic acids is 1. The molecule has 0 bridgehead atoms. The molecule has 0 N–H and O–H groups in total. The van der Waals surface area contributed by atoms with Crippen LogP contribution in [-0.2, 0) is 9.47 Å². The zero-order valence-electron chi connectivity index (χ0n) is 14.3. The first kappa shape index (κ1) is 17.4. The predicted molar refractivity (Wildman–Crippen MR) is 88.5 cm³/mol. The number of allylic oxidation sites excluding steroid dienone is 2. The fourth-order valence-electron chi connectivity index (χ4n) is 4.03. The molecule has 0 amide bonds. The van der Waals surface area contributed by atoms with Gasteiger partial charge in [-0.1, -0.05) is 39.5 Å². The molecule has 2 aliphatic carbocycles. The van der Waals surface area contributed by atoms with E-state index < -0.39 is 6.16 Å². The molecule has 0 aromatic heterocycles. The van der Waals surface area contributed by atoms with Crippen molar-refractivity contribution in [2.24, 2.45) is 17.8 Å². The Kier molecular flexibility index (Phi) is 7.28. The third kappa shape index (κ3) is 5.33. The highest BCUT2D eigenvalue weighted by molar-refractivity contribution is 5.61. The third-order valence-corrected chi connectivity index (χ3v) is 5.30. The molecule has 1 atom stereocenters. The molecule has 0 radical (unpaired) electrons. The molecule has 22 heavy (non-hydrogen) atoms. The minimum Gasteiger partial charge on any atom is -0.434 e. The van der Waals surface area contributed by atoms with Crippen molar-refractivity contribution >= 4 is 6.16 Å². The Bertz CT molecular complexity index is 367. The van der Waals surface area contributed by atoms with Gasteiger partial charge in [-0.15, -0.1) is 0 Å². The Hall–Kier alpha value is -0.990. The lowest BCUT2D eigenvalue weighted by molar-refractivity contribution is 0.0714. The van der Waals surface area contributed by atoms with Gasteiger partial charge in [-0.2, -0.15) is 0 Å². The van der Waals surface area contributed by atoms with Crippen LogP contribution < -0.4 is 0 Å². The largest absolute Gasteiger partial charge is 0.513 e. The van der Waals surface area contributed by atoms with Crippen LogP contribution in [-0.4, -0.2) is 12.8 Å². The highest BCUT2D eigenvalue weighted by Gasteiger charge is 2.29. The highest BCUT2D eigenvalue weighted by atomic mass is 16.7. The summed E-state index contributed by atoms with van der Waals surface area (Å²) in [5.41, 5.74) is 0. The number of hydrogen-bond donors (Lipinski definition) is 0. The van der Waals surface area contributed by atoms with Crippen molar-refractivity contribution in [1.82, 2.24) is 0 Å². The molecule has 126 valence electrons.